The Morgan fingerprint density at radius 3 is 2.17 bits per heavy atom. The Kier molecular flexibility index (Phi) is 5.25. The lowest BCUT2D eigenvalue weighted by Gasteiger charge is -2.01. The Hall–Kier alpha value is -2.64. The van der Waals surface area contributed by atoms with Gasteiger partial charge in [-0.3, -0.25) is 0 Å². The number of aromatic amines is 1. The van der Waals surface area contributed by atoms with Crippen LogP contribution in [0.5, 0.6) is 0 Å². The average Bonchev–Trinajstić information content (AvgIpc) is 3.33. The molecule has 4 rings (SSSR count). The number of fused-ring (bicyclic) bond motifs is 1. The number of hydrogen-bond donors (Lipinski definition) is 2. The third kappa shape index (κ3) is 3.81. The summed E-state index contributed by atoms with van der Waals surface area (Å²) in [5.41, 5.74) is 10.3. The normalized spacial score (nSPS) is 13.3. The first-order chi connectivity index (χ1) is 11.8. The Labute approximate surface area is 142 Å². The molecule has 3 N–H and O–H groups in total. The van der Waals surface area contributed by atoms with Crippen LogP contribution >= 0.6 is 0 Å². The van der Waals surface area contributed by atoms with E-state index in [0.717, 1.165) is 28.0 Å². The minimum absolute atomic E-state index is 0.404. The van der Waals surface area contributed by atoms with Crippen molar-refractivity contribution in [2.24, 2.45) is 5.73 Å². The van der Waals surface area contributed by atoms with Gasteiger partial charge in [-0.1, -0.05) is 50.3 Å². The molecule has 1 aromatic heterocycles. The Bertz CT molecular complexity index is 829. The number of hydrogen-bond acceptors (Lipinski definition) is 3. The fourth-order valence-corrected chi connectivity index (χ4v) is 2.96. The number of imidazole rings is 1. The molecule has 1 fully saturated rings. The molecule has 0 aliphatic heterocycles. The van der Waals surface area contributed by atoms with Gasteiger partial charge in [-0.15, -0.1) is 0 Å². The topological polar surface area (TPSA) is 78.5 Å². The fourth-order valence-electron chi connectivity index (χ4n) is 2.96. The number of nitriles is 1. The van der Waals surface area contributed by atoms with E-state index in [1.807, 2.05) is 42.5 Å². The van der Waals surface area contributed by atoms with E-state index in [1.54, 1.807) is 0 Å². The van der Waals surface area contributed by atoms with Crippen molar-refractivity contribution in [2.75, 3.05) is 0 Å². The molecule has 0 unspecified atom stereocenters. The highest BCUT2D eigenvalue weighted by Gasteiger charge is 2.04. The van der Waals surface area contributed by atoms with Crippen LogP contribution in [0.15, 0.2) is 42.5 Å². The van der Waals surface area contributed by atoms with Gasteiger partial charge in [0.1, 0.15) is 5.82 Å². The number of benzene rings is 2. The Morgan fingerprint density at radius 2 is 1.58 bits per heavy atom. The van der Waals surface area contributed by atoms with Crippen LogP contribution in [0.4, 0.5) is 0 Å². The van der Waals surface area contributed by atoms with Crippen molar-refractivity contribution in [1.82, 2.24) is 9.97 Å². The van der Waals surface area contributed by atoms with Crippen molar-refractivity contribution in [2.45, 2.75) is 38.6 Å². The summed E-state index contributed by atoms with van der Waals surface area (Å²) in [6.45, 7) is 0.404. The molecule has 0 radical (unpaired) electrons. The molecule has 3 aromatic rings. The quantitative estimate of drug-likeness (QED) is 0.729. The van der Waals surface area contributed by atoms with Crippen LogP contribution in [-0.4, -0.2) is 9.97 Å². The number of nitrogens with two attached hydrogens (primary N) is 1. The number of rotatable bonds is 2. The van der Waals surface area contributed by atoms with E-state index in [1.165, 1.54) is 32.1 Å². The molecule has 122 valence electrons. The van der Waals surface area contributed by atoms with Crippen molar-refractivity contribution in [3.8, 4) is 17.2 Å². The van der Waals surface area contributed by atoms with Crippen LogP contribution in [-0.2, 0) is 6.54 Å². The third-order valence-corrected chi connectivity index (χ3v) is 4.32. The molecule has 1 saturated carbocycles. The van der Waals surface area contributed by atoms with E-state index < -0.39 is 0 Å². The van der Waals surface area contributed by atoms with Gasteiger partial charge < -0.3 is 10.7 Å². The molecular formula is C20H22N4. The van der Waals surface area contributed by atoms with Crippen LogP contribution in [0, 0.1) is 11.3 Å². The lowest BCUT2D eigenvalue weighted by Crippen LogP contribution is -1.97. The standard InChI is InChI=1S/C15H12N4.C5H10/c16-8-10-1-3-11(4-2-10)12-5-6-13-14(7-12)19-15(9-17)18-13;1-2-4-5-3-1/h1-7H,9,17H2,(H,18,19);1-5H2. The first-order valence-corrected chi connectivity index (χ1v) is 8.49. The monoisotopic (exact) mass is 318 g/mol. The van der Waals surface area contributed by atoms with E-state index in [9.17, 15) is 0 Å². The molecule has 0 amide bonds. The van der Waals surface area contributed by atoms with Gasteiger partial charge in [0.2, 0.25) is 0 Å². The summed E-state index contributed by atoms with van der Waals surface area (Å²) in [7, 11) is 0. The number of aromatic nitrogens is 2. The van der Waals surface area contributed by atoms with Gasteiger partial charge in [0.15, 0.2) is 0 Å². The number of H-pyrrole nitrogens is 1. The zero-order chi connectivity index (χ0) is 16.8. The second-order valence-corrected chi connectivity index (χ2v) is 6.08. The SMILES string of the molecule is C1CCCC1.N#Cc1ccc(-c2ccc3nc(CN)[nH]c3c2)cc1. The van der Waals surface area contributed by atoms with E-state index in [2.05, 4.69) is 16.0 Å². The van der Waals surface area contributed by atoms with Gasteiger partial charge in [0.05, 0.1) is 29.2 Å². The van der Waals surface area contributed by atoms with E-state index >= 15 is 0 Å². The maximum Gasteiger partial charge on any atom is 0.121 e. The van der Waals surface area contributed by atoms with Crippen LogP contribution < -0.4 is 5.73 Å². The summed E-state index contributed by atoms with van der Waals surface area (Å²) < 4.78 is 0. The fraction of sp³-hybridized carbons (Fsp3) is 0.300. The smallest absolute Gasteiger partial charge is 0.121 e. The van der Waals surface area contributed by atoms with E-state index in [4.69, 9.17) is 11.0 Å². The van der Waals surface area contributed by atoms with E-state index in [0.29, 0.717) is 12.1 Å². The molecule has 1 aliphatic carbocycles. The summed E-state index contributed by atoms with van der Waals surface area (Å²) in [4.78, 5) is 7.56. The van der Waals surface area contributed by atoms with E-state index in [-0.39, 0.29) is 0 Å². The number of nitrogens with one attached hydrogen (secondary N) is 1. The van der Waals surface area contributed by atoms with Crippen molar-refractivity contribution >= 4 is 11.0 Å². The molecule has 0 saturated heterocycles. The largest absolute Gasteiger partial charge is 0.341 e. The van der Waals surface area contributed by atoms with Crippen LogP contribution in [0.25, 0.3) is 22.2 Å². The predicted molar refractivity (Wildman–Crippen MR) is 97.2 cm³/mol. The van der Waals surface area contributed by atoms with Crippen LogP contribution in [0.2, 0.25) is 0 Å². The summed E-state index contributed by atoms with van der Waals surface area (Å²) >= 11 is 0. The molecule has 1 aliphatic rings. The highest BCUT2D eigenvalue weighted by molar-refractivity contribution is 5.82. The first kappa shape index (κ1) is 16.2. The molecule has 2 aromatic carbocycles. The molecule has 0 bridgehead atoms. The maximum atomic E-state index is 8.80. The molecule has 24 heavy (non-hydrogen) atoms. The van der Waals surface area contributed by atoms with Gasteiger partial charge in [-0.05, 0) is 35.4 Å². The Morgan fingerprint density at radius 1 is 0.958 bits per heavy atom. The molecular weight excluding hydrogens is 296 g/mol. The second kappa shape index (κ2) is 7.76. The summed E-state index contributed by atoms with van der Waals surface area (Å²) in [5, 5.41) is 8.80. The van der Waals surface area contributed by atoms with Gasteiger partial charge in [0, 0.05) is 0 Å². The first-order valence-electron chi connectivity index (χ1n) is 8.49. The van der Waals surface area contributed by atoms with Gasteiger partial charge in [-0.2, -0.15) is 5.26 Å². The van der Waals surface area contributed by atoms with Crippen molar-refractivity contribution in [1.29, 1.82) is 5.26 Å². The van der Waals surface area contributed by atoms with Crippen molar-refractivity contribution in [3.63, 3.8) is 0 Å². The second-order valence-electron chi connectivity index (χ2n) is 6.08. The third-order valence-electron chi connectivity index (χ3n) is 4.32. The van der Waals surface area contributed by atoms with Crippen LogP contribution in [0.1, 0.15) is 43.5 Å². The highest BCUT2D eigenvalue weighted by Crippen LogP contribution is 2.23. The minimum atomic E-state index is 0.404. The summed E-state index contributed by atoms with van der Waals surface area (Å²) in [5.74, 6) is 0.784. The van der Waals surface area contributed by atoms with Gasteiger partial charge in [-0.25, -0.2) is 4.98 Å². The zero-order valence-electron chi connectivity index (χ0n) is 13.8. The van der Waals surface area contributed by atoms with Gasteiger partial charge in [0.25, 0.3) is 0 Å². The highest BCUT2D eigenvalue weighted by atomic mass is 14.9. The summed E-state index contributed by atoms with van der Waals surface area (Å²) in [6, 6.07) is 15.7. The molecule has 4 nitrogen and oxygen atoms in total. The lowest BCUT2D eigenvalue weighted by molar-refractivity contribution is 0.886. The lowest BCUT2D eigenvalue weighted by atomic mass is 10.0. The molecule has 0 spiro atoms. The number of nitrogens with zero attached hydrogens (tertiary/aromatic N) is 2. The summed E-state index contributed by atoms with van der Waals surface area (Å²) in [6.07, 6.45) is 7.50. The maximum absolute atomic E-state index is 8.80. The van der Waals surface area contributed by atoms with Crippen LogP contribution in [0.3, 0.4) is 0 Å². The zero-order valence-corrected chi connectivity index (χ0v) is 13.8. The minimum Gasteiger partial charge on any atom is -0.341 e. The van der Waals surface area contributed by atoms with Gasteiger partial charge >= 0.3 is 0 Å². The predicted octanol–water partition coefficient (Wildman–Crippen LogP) is 4.51. The van der Waals surface area contributed by atoms with Crippen molar-refractivity contribution < 1.29 is 0 Å². The van der Waals surface area contributed by atoms with Crippen molar-refractivity contribution in [3.05, 3.63) is 53.9 Å². The molecule has 1 heterocycles. The molecule has 4 heteroatoms. The average molecular weight is 318 g/mol. The molecule has 0 atom stereocenters. The Balaban J connectivity index is 0.000000290.